The molecule has 1 aromatic heterocycles. The molecule has 0 radical (unpaired) electrons. The second-order valence-electron chi connectivity index (χ2n) is 6.82. The van der Waals surface area contributed by atoms with Crippen LogP contribution in [0.1, 0.15) is 11.1 Å². The molecule has 0 aliphatic rings. The molecule has 8 heteroatoms. The smallest absolute Gasteiger partial charge is 0.416 e. The molecule has 4 nitrogen and oxygen atoms in total. The van der Waals surface area contributed by atoms with Gasteiger partial charge in [-0.25, -0.2) is 4.39 Å². The zero-order valence-electron chi connectivity index (χ0n) is 15.7. The Bertz CT molecular complexity index is 1310. The molecule has 1 heterocycles. The van der Waals surface area contributed by atoms with Crippen molar-refractivity contribution in [3.63, 3.8) is 0 Å². The Balaban J connectivity index is 1.59. The summed E-state index contributed by atoms with van der Waals surface area (Å²) < 4.78 is 63.0. The summed E-state index contributed by atoms with van der Waals surface area (Å²) in [6.45, 7) is -0.303. The van der Waals surface area contributed by atoms with Crippen molar-refractivity contribution >= 4 is 11.0 Å². The third-order valence-corrected chi connectivity index (χ3v) is 4.61. The average molecular weight is 430 g/mol. The molecule has 0 aliphatic heterocycles. The van der Waals surface area contributed by atoms with E-state index in [1.165, 1.54) is 36.6 Å². The summed E-state index contributed by atoms with van der Waals surface area (Å²) in [6, 6.07) is 12.6. The maximum atomic E-state index is 13.5. The quantitative estimate of drug-likeness (QED) is 0.410. The van der Waals surface area contributed by atoms with Crippen LogP contribution in [0.4, 0.5) is 17.6 Å². The maximum absolute atomic E-state index is 13.5. The van der Waals surface area contributed by atoms with Crippen LogP contribution >= 0.6 is 0 Å². The van der Waals surface area contributed by atoms with Gasteiger partial charge in [0.1, 0.15) is 35.8 Å². The van der Waals surface area contributed by atoms with Crippen molar-refractivity contribution < 1.29 is 31.8 Å². The van der Waals surface area contributed by atoms with E-state index in [0.29, 0.717) is 17.2 Å². The number of phenols is 1. The Labute approximate surface area is 172 Å². The van der Waals surface area contributed by atoms with Gasteiger partial charge in [0.25, 0.3) is 0 Å². The first-order valence-electron chi connectivity index (χ1n) is 9.05. The fraction of sp³-hybridized carbons (Fsp3) is 0.0870. The van der Waals surface area contributed by atoms with E-state index >= 15 is 0 Å². The van der Waals surface area contributed by atoms with Crippen molar-refractivity contribution in [3.05, 3.63) is 94.1 Å². The van der Waals surface area contributed by atoms with E-state index in [1.54, 1.807) is 12.1 Å². The number of aromatic hydroxyl groups is 1. The number of phenolic OH excluding ortho intramolecular Hbond substituents is 1. The predicted octanol–water partition coefficient (Wildman–Crippen LogP) is 5.90. The van der Waals surface area contributed by atoms with Crippen molar-refractivity contribution in [1.29, 1.82) is 0 Å². The summed E-state index contributed by atoms with van der Waals surface area (Å²) in [4.78, 5) is 12.8. The molecule has 0 bridgehead atoms. The Hall–Kier alpha value is -3.81. The van der Waals surface area contributed by atoms with E-state index in [9.17, 15) is 27.5 Å². The molecule has 0 saturated heterocycles. The minimum Gasteiger partial charge on any atom is -0.508 e. The van der Waals surface area contributed by atoms with E-state index in [-0.39, 0.29) is 40.1 Å². The molecule has 0 atom stereocenters. The topological polar surface area (TPSA) is 59.7 Å². The van der Waals surface area contributed by atoms with Gasteiger partial charge in [-0.05, 0) is 53.6 Å². The molecule has 0 spiro atoms. The van der Waals surface area contributed by atoms with Crippen LogP contribution in [0.2, 0.25) is 0 Å². The zero-order chi connectivity index (χ0) is 22.2. The first-order chi connectivity index (χ1) is 14.7. The highest BCUT2D eigenvalue weighted by Crippen LogP contribution is 2.31. The lowest BCUT2D eigenvalue weighted by atomic mass is 10.1. The molecule has 158 valence electrons. The van der Waals surface area contributed by atoms with Gasteiger partial charge in [0.05, 0.1) is 16.5 Å². The number of halogens is 4. The minimum atomic E-state index is -4.67. The van der Waals surface area contributed by atoms with Crippen LogP contribution in [0.25, 0.3) is 22.1 Å². The SMILES string of the molecule is O=c1c(-c2ccc(O)cc2)coc2cc(OCc3cc(F)cc(C(F)(F)F)c3)ccc12. The third kappa shape index (κ3) is 4.37. The number of alkyl halides is 3. The van der Waals surface area contributed by atoms with E-state index in [4.69, 9.17) is 9.15 Å². The molecule has 0 unspecified atom stereocenters. The summed E-state index contributed by atoms with van der Waals surface area (Å²) in [7, 11) is 0. The Kier molecular flexibility index (Phi) is 5.14. The van der Waals surface area contributed by atoms with Crippen LogP contribution in [-0.2, 0) is 12.8 Å². The molecule has 4 aromatic rings. The number of hydrogen-bond acceptors (Lipinski definition) is 4. The normalized spacial score (nSPS) is 11.6. The Morgan fingerprint density at radius 2 is 1.71 bits per heavy atom. The molecule has 0 saturated carbocycles. The first-order valence-corrected chi connectivity index (χ1v) is 9.05. The van der Waals surface area contributed by atoms with Crippen LogP contribution in [0.5, 0.6) is 11.5 Å². The fourth-order valence-electron chi connectivity index (χ4n) is 3.10. The first kappa shape index (κ1) is 20.5. The van der Waals surface area contributed by atoms with E-state index in [1.807, 2.05) is 0 Å². The lowest BCUT2D eigenvalue weighted by Gasteiger charge is -2.11. The van der Waals surface area contributed by atoms with Crippen LogP contribution in [0.15, 0.2) is 76.1 Å². The number of rotatable bonds is 4. The molecular formula is C23H14F4O4. The van der Waals surface area contributed by atoms with Gasteiger partial charge in [-0.1, -0.05) is 12.1 Å². The summed E-state index contributed by atoms with van der Waals surface area (Å²) in [5, 5.41) is 9.67. The van der Waals surface area contributed by atoms with Crippen molar-refractivity contribution in [3.8, 4) is 22.6 Å². The largest absolute Gasteiger partial charge is 0.508 e. The molecule has 4 rings (SSSR count). The Morgan fingerprint density at radius 1 is 0.968 bits per heavy atom. The highest BCUT2D eigenvalue weighted by atomic mass is 19.4. The molecule has 0 amide bonds. The zero-order valence-corrected chi connectivity index (χ0v) is 15.7. The molecule has 0 fully saturated rings. The van der Waals surface area contributed by atoms with Gasteiger partial charge >= 0.3 is 6.18 Å². The minimum absolute atomic E-state index is 0.0107. The molecule has 31 heavy (non-hydrogen) atoms. The highest BCUT2D eigenvalue weighted by Gasteiger charge is 2.31. The lowest BCUT2D eigenvalue weighted by molar-refractivity contribution is -0.137. The van der Waals surface area contributed by atoms with Crippen molar-refractivity contribution in [2.45, 2.75) is 12.8 Å². The summed E-state index contributed by atoms with van der Waals surface area (Å²) >= 11 is 0. The molecule has 1 N–H and O–H groups in total. The van der Waals surface area contributed by atoms with E-state index in [0.717, 1.165) is 12.1 Å². The fourth-order valence-corrected chi connectivity index (χ4v) is 3.10. The highest BCUT2D eigenvalue weighted by molar-refractivity contribution is 5.82. The van der Waals surface area contributed by atoms with Gasteiger partial charge in [-0.2, -0.15) is 13.2 Å². The van der Waals surface area contributed by atoms with Gasteiger partial charge < -0.3 is 14.3 Å². The van der Waals surface area contributed by atoms with E-state index in [2.05, 4.69) is 0 Å². The standard InChI is InChI=1S/C23H14F4O4/c24-16-8-13(7-15(9-16)23(25,26)27)11-30-18-5-6-19-21(10-18)31-12-20(22(19)29)14-1-3-17(28)4-2-14/h1-10,12,28H,11H2. The Morgan fingerprint density at radius 3 is 2.42 bits per heavy atom. The van der Waals surface area contributed by atoms with Crippen molar-refractivity contribution in [1.82, 2.24) is 0 Å². The summed E-state index contributed by atoms with van der Waals surface area (Å²) in [5.74, 6) is -0.707. The summed E-state index contributed by atoms with van der Waals surface area (Å²) in [5.41, 5.74) is -0.284. The van der Waals surface area contributed by atoms with Crippen LogP contribution in [0, 0.1) is 5.82 Å². The van der Waals surface area contributed by atoms with E-state index < -0.39 is 17.6 Å². The second-order valence-corrected chi connectivity index (χ2v) is 6.82. The molecule has 3 aromatic carbocycles. The van der Waals surface area contributed by atoms with Crippen molar-refractivity contribution in [2.75, 3.05) is 0 Å². The van der Waals surface area contributed by atoms with Crippen LogP contribution in [-0.4, -0.2) is 5.11 Å². The lowest BCUT2D eigenvalue weighted by Crippen LogP contribution is -2.07. The van der Waals surface area contributed by atoms with Gasteiger partial charge in [-0.3, -0.25) is 4.79 Å². The number of ether oxygens (including phenoxy) is 1. The van der Waals surface area contributed by atoms with Crippen LogP contribution in [0.3, 0.4) is 0 Å². The van der Waals surface area contributed by atoms with Gasteiger partial charge in [-0.15, -0.1) is 0 Å². The second kappa shape index (κ2) is 7.79. The molecular weight excluding hydrogens is 416 g/mol. The van der Waals surface area contributed by atoms with Gasteiger partial charge in [0, 0.05) is 6.07 Å². The number of fused-ring (bicyclic) bond motifs is 1. The maximum Gasteiger partial charge on any atom is 0.416 e. The number of benzene rings is 3. The molecule has 0 aliphatic carbocycles. The van der Waals surface area contributed by atoms with Crippen molar-refractivity contribution in [2.24, 2.45) is 0 Å². The average Bonchev–Trinajstić information content (AvgIpc) is 2.72. The van der Waals surface area contributed by atoms with Gasteiger partial charge in [0.15, 0.2) is 5.43 Å². The van der Waals surface area contributed by atoms with Gasteiger partial charge in [0.2, 0.25) is 0 Å². The monoisotopic (exact) mass is 430 g/mol. The predicted molar refractivity (Wildman–Crippen MR) is 105 cm³/mol. The number of hydrogen-bond donors (Lipinski definition) is 1. The van der Waals surface area contributed by atoms with Crippen LogP contribution < -0.4 is 10.2 Å². The third-order valence-electron chi connectivity index (χ3n) is 4.61. The summed E-state index contributed by atoms with van der Waals surface area (Å²) in [6.07, 6.45) is -3.39.